The normalized spacial score (nSPS) is 13.4. The van der Waals surface area contributed by atoms with Crippen LogP contribution in [0.5, 0.6) is 0 Å². The molecule has 0 amide bonds. The van der Waals surface area contributed by atoms with Gasteiger partial charge >= 0.3 is 0 Å². The van der Waals surface area contributed by atoms with Crippen LogP contribution in [0.2, 0.25) is 0 Å². The fraction of sp³-hybridized carbons (Fsp3) is 0.500. The van der Waals surface area contributed by atoms with Crippen LogP contribution in [0.4, 0.5) is 0 Å². The molecule has 0 aliphatic heterocycles. The lowest BCUT2D eigenvalue weighted by atomic mass is 10.5. The van der Waals surface area contributed by atoms with Crippen LogP contribution in [0.25, 0.3) is 0 Å². The molecule has 1 heterocycles. The molecule has 0 aliphatic carbocycles. The second-order valence-corrected chi connectivity index (χ2v) is 5.09. The monoisotopic (exact) mass is 229 g/mol. The summed E-state index contributed by atoms with van der Waals surface area (Å²) in [7, 11) is -3.61. The van der Waals surface area contributed by atoms with Gasteiger partial charge in [0.2, 0.25) is 15.9 Å². The van der Waals surface area contributed by atoms with Crippen molar-refractivity contribution in [2.75, 3.05) is 0 Å². The first-order chi connectivity index (χ1) is 6.95. The molecule has 0 saturated carbocycles. The molecule has 0 spiro atoms. The standard InChI is InChI=1S/C8H11N3O3S/c1-6-4-10-8(14-6)5-11-15(12,13)7(2)3-9/h4,7,11H,5H2,1-2H3. The van der Waals surface area contributed by atoms with Crippen molar-refractivity contribution in [2.24, 2.45) is 0 Å². The molecule has 1 aromatic heterocycles. The zero-order chi connectivity index (χ0) is 11.5. The van der Waals surface area contributed by atoms with Crippen LogP contribution >= 0.6 is 0 Å². The Morgan fingerprint density at radius 1 is 1.73 bits per heavy atom. The minimum absolute atomic E-state index is 0.0395. The van der Waals surface area contributed by atoms with Crippen molar-refractivity contribution >= 4 is 10.0 Å². The first-order valence-electron chi connectivity index (χ1n) is 4.25. The van der Waals surface area contributed by atoms with E-state index in [0.717, 1.165) is 0 Å². The van der Waals surface area contributed by atoms with Gasteiger partial charge in [0.05, 0.1) is 18.8 Å². The fourth-order valence-electron chi connectivity index (χ4n) is 0.840. The largest absolute Gasteiger partial charge is 0.445 e. The highest BCUT2D eigenvalue weighted by Crippen LogP contribution is 2.03. The van der Waals surface area contributed by atoms with Crippen LogP contribution in [0.3, 0.4) is 0 Å². The predicted octanol–water partition coefficient (Wildman–Crippen LogP) is 0.314. The summed E-state index contributed by atoms with van der Waals surface area (Å²) in [4.78, 5) is 3.83. The SMILES string of the molecule is Cc1cnc(CNS(=O)(=O)C(C)C#N)o1. The van der Waals surface area contributed by atoms with Gasteiger partial charge in [-0.1, -0.05) is 0 Å². The van der Waals surface area contributed by atoms with E-state index in [1.54, 1.807) is 13.0 Å². The van der Waals surface area contributed by atoms with Gasteiger partial charge < -0.3 is 4.42 Å². The number of sulfonamides is 1. The first kappa shape index (κ1) is 11.7. The predicted molar refractivity (Wildman–Crippen MR) is 52.1 cm³/mol. The summed E-state index contributed by atoms with van der Waals surface area (Å²) in [6.07, 6.45) is 1.50. The molecule has 0 radical (unpaired) electrons. The number of hydrogen-bond donors (Lipinski definition) is 1. The van der Waals surface area contributed by atoms with Gasteiger partial charge in [-0.3, -0.25) is 0 Å². The molecule has 6 nitrogen and oxygen atoms in total. The number of nitrogens with zero attached hydrogens (tertiary/aromatic N) is 2. The number of nitriles is 1. The first-order valence-corrected chi connectivity index (χ1v) is 5.79. The molecule has 1 aromatic rings. The lowest BCUT2D eigenvalue weighted by Crippen LogP contribution is -2.31. The van der Waals surface area contributed by atoms with Crippen LogP contribution < -0.4 is 4.72 Å². The number of nitrogens with one attached hydrogen (secondary N) is 1. The second-order valence-electron chi connectivity index (χ2n) is 3.00. The zero-order valence-corrected chi connectivity index (χ0v) is 9.21. The van der Waals surface area contributed by atoms with E-state index in [0.29, 0.717) is 5.76 Å². The molecule has 1 unspecified atom stereocenters. The molecule has 15 heavy (non-hydrogen) atoms. The molecule has 1 N–H and O–H groups in total. The van der Waals surface area contributed by atoms with Crippen molar-refractivity contribution < 1.29 is 12.8 Å². The lowest BCUT2D eigenvalue weighted by molar-refractivity contribution is 0.463. The number of rotatable bonds is 4. The van der Waals surface area contributed by atoms with E-state index < -0.39 is 15.3 Å². The summed E-state index contributed by atoms with van der Waals surface area (Å²) in [5.41, 5.74) is 0. The molecule has 7 heteroatoms. The van der Waals surface area contributed by atoms with E-state index in [-0.39, 0.29) is 12.4 Å². The van der Waals surface area contributed by atoms with E-state index in [1.165, 1.54) is 13.1 Å². The molecule has 0 saturated heterocycles. The summed E-state index contributed by atoms with van der Waals surface area (Å²) in [6.45, 7) is 2.98. The van der Waals surface area contributed by atoms with Crippen molar-refractivity contribution in [1.82, 2.24) is 9.71 Å². The Kier molecular flexibility index (Phi) is 3.44. The van der Waals surface area contributed by atoms with Crippen LogP contribution in [0.15, 0.2) is 10.6 Å². The Labute approximate surface area is 88.0 Å². The molecule has 82 valence electrons. The summed E-state index contributed by atoms with van der Waals surface area (Å²) in [6, 6.07) is 1.65. The maximum absolute atomic E-state index is 11.3. The Balaban J connectivity index is 2.62. The van der Waals surface area contributed by atoms with E-state index in [9.17, 15) is 8.42 Å². The molecule has 1 atom stereocenters. The van der Waals surface area contributed by atoms with Crippen molar-refractivity contribution in [3.8, 4) is 6.07 Å². The van der Waals surface area contributed by atoms with E-state index in [1.807, 2.05) is 0 Å². The van der Waals surface area contributed by atoms with Crippen molar-refractivity contribution in [3.63, 3.8) is 0 Å². The fourth-order valence-corrected chi connectivity index (χ4v) is 1.55. The number of aryl methyl sites for hydroxylation is 1. The smallest absolute Gasteiger partial charge is 0.228 e. The van der Waals surface area contributed by atoms with Gasteiger partial charge in [-0.15, -0.1) is 0 Å². The van der Waals surface area contributed by atoms with Gasteiger partial charge in [-0.25, -0.2) is 18.1 Å². The maximum Gasteiger partial charge on any atom is 0.228 e. The summed E-state index contributed by atoms with van der Waals surface area (Å²) in [5, 5.41) is 7.37. The van der Waals surface area contributed by atoms with E-state index >= 15 is 0 Å². The Hall–Kier alpha value is -1.39. The van der Waals surface area contributed by atoms with Crippen LogP contribution in [-0.2, 0) is 16.6 Å². The molecular formula is C8H11N3O3S. The third kappa shape index (κ3) is 3.04. The second kappa shape index (κ2) is 4.42. The number of hydrogen-bond acceptors (Lipinski definition) is 5. The highest BCUT2D eigenvalue weighted by molar-refractivity contribution is 7.90. The summed E-state index contributed by atoms with van der Waals surface area (Å²) in [5.74, 6) is 0.888. The van der Waals surface area contributed by atoms with Crippen LogP contribution in [-0.4, -0.2) is 18.7 Å². The van der Waals surface area contributed by atoms with Gasteiger partial charge in [0, 0.05) is 0 Å². The number of aromatic nitrogens is 1. The van der Waals surface area contributed by atoms with Crippen LogP contribution in [0.1, 0.15) is 18.6 Å². The third-order valence-electron chi connectivity index (χ3n) is 1.74. The lowest BCUT2D eigenvalue weighted by Gasteiger charge is -2.05. The average molecular weight is 229 g/mol. The van der Waals surface area contributed by atoms with E-state index in [4.69, 9.17) is 9.68 Å². The summed E-state index contributed by atoms with van der Waals surface area (Å²) < 4.78 is 30.0. The maximum atomic E-state index is 11.3. The van der Waals surface area contributed by atoms with Gasteiger partial charge in [0.25, 0.3) is 0 Å². The quantitative estimate of drug-likeness (QED) is 0.801. The molecule has 0 fully saturated rings. The topological polar surface area (TPSA) is 96.0 Å². The van der Waals surface area contributed by atoms with Gasteiger partial charge in [-0.2, -0.15) is 5.26 Å². The molecule has 0 aliphatic rings. The van der Waals surface area contributed by atoms with Gasteiger partial charge in [0.1, 0.15) is 5.76 Å². The van der Waals surface area contributed by atoms with Crippen molar-refractivity contribution in [1.29, 1.82) is 5.26 Å². The Morgan fingerprint density at radius 2 is 2.40 bits per heavy atom. The molecular weight excluding hydrogens is 218 g/mol. The van der Waals surface area contributed by atoms with Crippen molar-refractivity contribution in [3.05, 3.63) is 17.8 Å². The van der Waals surface area contributed by atoms with Crippen molar-refractivity contribution in [2.45, 2.75) is 25.6 Å². The van der Waals surface area contributed by atoms with E-state index in [2.05, 4.69) is 9.71 Å². The minimum Gasteiger partial charge on any atom is -0.445 e. The minimum atomic E-state index is -3.61. The molecule has 0 aromatic carbocycles. The van der Waals surface area contributed by atoms with Gasteiger partial charge in [-0.05, 0) is 13.8 Å². The Bertz CT molecular complexity index is 472. The third-order valence-corrected chi connectivity index (χ3v) is 3.32. The molecule has 0 bridgehead atoms. The Morgan fingerprint density at radius 3 is 2.87 bits per heavy atom. The highest BCUT2D eigenvalue weighted by atomic mass is 32.2. The van der Waals surface area contributed by atoms with Gasteiger partial charge in [0.15, 0.2) is 5.25 Å². The van der Waals surface area contributed by atoms with Crippen LogP contribution in [0, 0.1) is 18.3 Å². The number of oxazole rings is 1. The summed E-state index contributed by atoms with van der Waals surface area (Å²) >= 11 is 0. The zero-order valence-electron chi connectivity index (χ0n) is 8.39. The average Bonchev–Trinajstić information content (AvgIpc) is 2.60. The molecule has 1 rings (SSSR count). The highest BCUT2D eigenvalue weighted by Gasteiger charge is 2.20.